The summed E-state index contributed by atoms with van der Waals surface area (Å²) in [6.45, 7) is 2.29. The predicted molar refractivity (Wildman–Crippen MR) is 38.1 cm³/mol. The molecule has 3 heteroatoms. The van der Waals surface area contributed by atoms with Crippen LogP contribution in [0.1, 0.15) is 13.3 Å². The second-order valence-corrected chi connectivity index (χ2v) is 2.88. The minimum atomic E-state index is 0.0972. The highest BCUT2D eigenvalue weighted by atomic mass is 16.5. The lowest BCUT2D eigenvalue weighted by molar-refractivity contribution is 0.0293. The van der Waals surface area contributed by atoms with Gasteiger partial charge in [-0.2, -0.15) is 0 Å². The van der Waals surface area contributed by atoms with Gasteiger partial charge in [0.2, 0.25) is 0 Å². The lowest BCUT2D eigenvalue weighted by Crippen LogP contribution is -2.18. The molecule has 9 heavy (non-hydrogen) atoms. The molecule has 1 aliphatic rings. The Balaban J connectivity index is 2.38. The van der Waals surface area contributed by atoms with Crippen LogP contribution < -0.4 is 0 Å². The predicted octanol–water partition coefficient (Wildman–Crippen LogP) is -0.637. The Morgan fingerprint density at radius 1 is 1.78 bits per heavy atom. The van der Waals surface area contributed by atoms with E-state index in [1.54, 1.807) is 0 Å². The van der Waals surface area contributed by atoms with E-state index in [0.29, 0.717) is 11.9 Å². The smallest absolute Gasteiger partial charge is 0.139 e. The van der Waals surface area contributed by atoms with Gasteiger partial charge in [0.15, 0.2) is 0 Å². The first-order valence-corrected chi connectivity index (χ1v) is 3.50. The maximum atomic E-state index is 8.73. The Bertz CT molecular complexity index is 97.1. The van der Waals surface area contributed by atoms with Crippen molar-refractivity contribution in [2.24, 2.45) is 5.92 Å². The molecule has 0 bridgehead atoms. The van der Waals surface area contributed by atoms with E-state index in [2.05, 4.69) is 6.92 Å². The van der Waals surface area contributed by atoms with Crippen LogP contribution in [-0.4, -0.2) is 31.7 Å². The van der Waals surface area contributed by atoms with Gasteiger partial charge in [-0.05, 0) is 12.3 Å². The molecular formula is C6H13BO2. The van der Waals surface area contributed by atoms with E-state index in [1.807, 2.05) is 7.85 Å². The lowest BCUT2D eigenvalue weighted by Gasteiger charge is -2.09. The molecule has 0 aromatic heterocycles. The van der Waals surface area contributed by atoms with Crippen molar-refractivity contribution < 1.29 is 9.84 Å². The average Bonchev–Trinajstić information content (AvgIpc) is 2.10. The van der Waals surface area contributed by atoms with Crippen LogP contribution in [0.4, 0.5) is 0 Å². The third-order valence-corrected chi connectivity index (χ3v) is 1.93. The SMILES string of the molecule is BC1CC(C)C(CO)O1. The van der Waals surface area contributed by atoms with Crippen LogP contribution >= 0.6 is 0 Å². The van der Waals surface area contributed by atoms with Crippen LogP contribution in [-0.2, 0) is 4.74 Å². The number of ether oxygens (including phenoxy) is 1. The second kappa shape index (κ2) is 2.71. The molecular weight excluding hydrogens is 115 g/mol. The number of hydrogen-bond donors (Lipinski definition) is 1. The van der Waals surface area contributed by atoms with Crippen LogP contribution in [0.25, 0.3) is 0 Å². The van der Waals surface area contributed by atoms with E-state index in [9.17, 15) is 0 Å². The highest BCUT2D eigenvalue weighted by molar-refractivity contribution is 6.11. The summed E-state index contributed by atoms with van der Waals surface area (Å²) in [6.07, 6.45) is 1.19. The molecule has 0 amide bonds. The number of aliphatic hydroxyl groups is 1. The van der Waals surface area contributed by atoms with E-state index in [-0.39, 0.29) is 12.7 Å². The molecule has 1 saturated heterocycles. The standard InChI is InChI=1S/C6H13BO2/c1-4-2-6(7)9-5(4)3-8/h4-6,8H,2-3,7H2,1H3. The Morgan fingerprint density at radius 2 is 2.44 bits per heavy atom. The largest absolute Gasteiger partial charge is 0.394 e. The molecule has 3 unspecified atom stereocenters. The molecule has 0 aliphatic carbocycles. The Kier molecular flexibility index (Phi) is 2.14. The summed E-state index contributed by atoms with van der Waals surface area (Å²) in [4.78, 5) is 0. The highest BCUT2D eigenvalue weighted by Crippen LogP contribution is 2.23. The van der Waals surface area contributed by atoms with Gasteiger partial charge in [0.1, 0.15) is 7.85 Å². The van der Waals surface area contributed by atoms with E-state index in [4.69, 9.17) is 9.84 Å². The average molecular weight is 128 g/mol. The van der Waals surface area contributed by atoms with Gasteiger partial charge in [0.25, 0.3) is 0 Å². The molecule has 0 saturated carbocycles. The maximum absolute atomic E-state index is 8.73. The molecule has 0 aromatic carbocycles. The van der Waals surface area contributed by atoms with Gasteiger partial charge in [-0.1, -0.05) is 6.92 Å². The third-order valence-electron chi connectivity index (χ3n) is 1.93. The van der Waals surface area contributed by atoms with Crippen molar-refractivity contribution in [3.05, 3.63) is 0 Å². The fraction of sp³-hybridized carbons (Fsp3) is 1.00. The number of rotatable bonds is 1. The monoisotopic (exact) mass is 128 g/mol. The minimum absolute atomic E-state index is 0.0972. The normalized spacial score (nSPS) is 43.6. The zero-order chi connectivity index (χ0) is 6.85. The first-order valence-electron chi connectivity index (χ1n) is 3.50. The van der Waals surface area contributed by atoms with Crippen molar-refractivity contribution in [3.63, 3.8) is 0 Å². The van der Waals surface area contributed by atoms with Crippen LogP contribution in [0.5, 0.6) is 0 Å². The molecule has 0 aromatic rings. The summed E-state index contributed by atoms with van der Waals surface area (Å²) in [5.41, 5.74) is 0. The maximum Gasteiger partial charge on any atom is 0.139 e. The van der Waals surface area contributed by atoms with Crippen LogP contribution in [0.2, 0.25) is 0 Å². The van der Waals surface area contributed by atoms with Crippen LogP contribution in [0.3, 0.4) is 0 Å². The molecule has 1 fully saturated rings. The molecule has 1 N–H and O–H groups in total. The van der Waals surface area contributed by atoms with Crippen molar-refractivity contribution >= 4 is 7.85 Å². The summed E-state index contributed by atoms with van der Waals surface area (Å²) in [5, 5.41) is 8.73. The Morgan fingerprint density at radius 3 is 2.67 bits per heavy atom. The summed E-state index contributed by atoms with van der Waals surface area (Å²) < 4.78 is 5.37. The third kappa shape index (κ3) is 1.46. The quantitative estimate of drug-likeness (QED) is 0.476. The summed E-state index contributed by atoms with van der Waals surface area (Å²) in [6, 6.07) is 0.345. The lowest BCUT2D eigenvalue weighted by atomic mass is 9.92. The molecule has 3 atom stereocenters. The summed E-state index contributed by atoms with van der Waals surface area (Å²) in [7, 11) is 2.05. The molecule has 0 radical (unpaired) electrons. The Hall–Kier alpha value is -0.0151. The molecule has 2 nitrogen and oxygen atoms in total. The fourth-order valence-corrected chi connectivity index (χ4v) is 1.39. The van der Waals surface area contributed by atoms with E-state index in [0.717, 1.165) is 6.42 Å². The molecule has 0 spiro atoms. The van der Waals surface area contributed by atoms with Gasteiger partial charge in [-0.3, -0.25) is 0 Å². The van der Waals surface area contributed by atoms with Crippen molar-refractivity contribution in [1.29, 1.82) is 0 Å². The first kappa shape index (κ1) is 7.10. The van der Waals surface area contributed by atoms with Gasteiger partial charge in [0, 0.05) is 6.00 Å². The highest BCUT2D eigenvalue weighted by Gasteiger charge is 2.28. The van der Waals surface area contributed by atoms with E-state index < -0.39 is 0 Å². The zero-order valence-corrected chi connectivity index (χ0v) is 6.00. The molecule has 1 aliphatic heterocycles. The minimum Gasteiger partial charge on any atom is -0.394 e. The van der Waals surface area contributed by atoms with Gasteiger partial charge < -0.3 is 9.84 Å². The second-order valence-electron chi connectivity index (χ2n) is 2.88. The van der Waals surface area contributed by atoms with Crippen LogP contribution in [0.15, 0.2) is 0 Å². The van der Waals surface area contributed by atoms with Crippen molar-refractivity contribution in [1.82, 2.24) is 0 Å². The van der Waals surface area contributed by atoms with Gasteiger partial charge >= 0.3 is 0 Å². The fourth-order valence-electron chi connectivity index (χ4n) is 1.39. The van der Waals surface area contributed by atoms with E-state index >= 15 is 0 Å². The molecule has 1 rings (SSSR count). The molecule has 52 valence electrons. The Labute approximate surface area is 56.6 Å². The summed E-state index contributed by atoms with van der Waals surface area (Å²) >= 11 is 0. The van der Waals surface area contributed by atoms with E-state index in [1.165, 1.54) is 0 Å². The van der Waals surface area contributed by atoms with Gasteiger partial charge in [-0.25, -0.2) is 0 Å². The first-order chi connectivity index (χ1) is 4.24. The number of aliphatic hydroxyl groups excluding tert-OH is 1. The van der Waals surface area contributed by atoms with Crippen molar-refractivity contribution in [2.45, 2.75) is 25.5 Å². The molecule has 1 heterocycles. The zero-order valence-electron chi connectivity index (χ0n) is 6.00. The van der Waals surface area contributed by atoms with Gasteiger partial charge in [-0.15, -0.1) is 0 Å². The van der Waals surface area contributed by atoms with Crippen molar-refractivity contribution in [2.75, 3.05) is 6.61 Å². The van der Waals surface area contributed by atoms with Crippen molar-refractivity contribution in [3.8, 4) is 0 Å². The number of hydrogen-bond acceptors (Lipinski definition) is 2. The topological polar surface area (TPSA) is 29.5 Å². The van der Waals surface area contributed by atoms with Crippen LogP contribution in [0, 0.1) is 5.92 Å². The summed E-state index contributed by atoms with van der Waals surface area (Å²) in [5.74, 6) is 0.532. The van der Waals surface area contributed by atoms with Gasteiger partial charge in [0.05, 0.1) is 12.7 Å².